The molecule has 0 saturated carbocycles. The van der Waals surface area contributed by atoms with Gasteiger partial charge in [0, 0.05) is 11.6 Å². The molecule has 1 aliphatic heterocycles. The predicted octanol–water partition coefficient (Wildman–Crippen LogP) is 1.78. The van der Waals surface area contributed by atoms with Crippen LogP contribution in [0.5, 0.6) is 5.75 Å². The number of hydrogen-bond acceptors (Lipinski definition) is 7. The predicted molar refractivity (Wildman–Crippen MR) is 96.7 cm³/mol. The van der Waals surface area contributed by atoms with Crippen molar-refractivity contribution in [2.45, 2.75) is 36.4 Å². The lowest BCUT2D eigenvalue weighted by Crippen LogP contribution is -2.21. The summed E-state index contributed by atoms with van der Waals surface area (Å²) in [6, 6.07) is 7.62. The van der Waals surface area contributed by atoms with Gasteiger partial charge in [0.25, 0.3) is 0 Å². The monoisotopic (exact) mass is 383 g/mol. The average Bonchev–Trinajstić information content (AvgIpc) is 3.08. The largest absolute Gasteiger partial charge is 0.497 e. The van der Waals surface area contributed by atoms with Gasteiger partial charge < -0.3 is 9.84 Å². The van der Waals surface area contributed by atoms with E-state index in [1.165, 1.54) is 11.8 Å². The van der Waals surface area contributed by atoms with E-state index in [1.54, 1.807) is 7.11 Å². The highest BCUT2D eigenvalue weighted by molar-refractivity contribution is 8.01. The summed E-state index contributed by atoms with van der Waals surface area (Å²) in [7, 11) is -1.58. The molecule has 1 aromatic carbocycles. The van der Waals surface area contributed by atoms with E-state index in [0.29, 0.717) is 11.0 Å². The molecule has 1 N–H and O–H groups in total. The fourth-order valence-corrected chi connectivity index (χ4v) is 6.45. The van der Waals surface area contributed by atoms with Gasteiger partial charge in [0.15, 0.2) is 20.8 Å². The smallest absolute Gasteiger partial charge is 0.192 e. The molecule has 0 bridgehead atoms. The van der Waals surface area contributed by atoms with Crippen LogP contribution < -0.4 is 4.74 Å². The summed E-state index contributed by atoms with van der Waals surface area (Å²) in [5.41, 5.74) is 0.897. The summed E-state index contributed by atoms with van der Waals surface area (Å²) >= 11 is 1.28. The van der Waals surface area contributed by atoms with Crippen LogP contribution in [0.4, 0.5) is 0 Å². The van der Waals surface area contributed by atoms with E-state index in [9.17, 15) is 13.5 Å². The first-order valence-corrected chi connectivity index (χ1v) is 10.7. The van der Waals surface area contributed by atoms with Gasteiger partial charge in [0.1, 0.15) is 5.75 Å². The van der Waals surface area contributed by atoms with Gasteiger partial charge in [-0.15, -0.1) is 10.2 Å². The highest BCUT2D eigenvalue weighted by Gasteiger charge is 2.38. The molecule has 9 heteroatoms. The number of nitrogens with zero attached hydrogens (tertiary/aromatic N) is 3. The van der Waals surface area contributed by atoms with Crippen LogP contribution in [0, 0.1) is 0 Å². The van der Waals surface area contributed by atoms with Crippen molar-refractivity contribution in [2.75, 3.05) is 18.6 Å². The summed E-state index contributed by atoms with van der Waals surface area (Å²) in [4.78, 5) is 0. The summed E-state index contributed by atoms with van der Waals surface area (Å²) in [6.07, 6.45) is -0.878. The van der Waals surface area contributed by atoms with E-state index in [0.717, 1.165) is 11.3 Å². The van der Waals surface area contributed by atoms with Crippen molar-refractivity contribution in [3.05, 3.63) is 24.3 Å². The number of thioether (sulfide) groups is 1. The zero-order valence-electron chi connectivity index (χ0n) is 14.3. The second-order valence-electron chi connectivity index (χ2n) is 6.30. The third-order valence-electron chi connectivity index (χ3n) is 4.06. The number of aromatic nitrogens is 3. The minimum atomic E-state index is -3.19. The van der Waals surface area contributed by atoms with Crippen LogP contribution in [0.3, 0.4) is 0 Å². The van der Waals surface area contributed by atoms with Gasteiger partial charge in [-0.25, -0.2) is 8.42 Å². The Morgan fingerprint density at radius 1 is 1.24 bits per heavy atom. The Morgan fingerprint density at radius 2 is 1.92 bits per heavy atom. The number of hydrogen-bond donors (Lipinski definition) is 1. The maximum atomic E-state index is 11.7. The van der Waals surface area contributed by atoms with Gasteiger partial charge in [-0.1, -0.05) is 11.8 Å². The van der Waals surface area contributed by atoms with Crippen LogP contribution in [0.2, 0.25) is 0 Å². The molecule has 2 heterocycles. The SMILES string of the molecule is COc1ccc(-c2nnc(S[C@H]3CS(=O)(=O)C[C@H]3O)n2C(C)C)cc1. The highest BCUT2D eigenvalue weighted by atomic mass is 32.2. The van der Waals surface area contributed by atoms with Crippen LogP contribution in [-0.4, -0.2) is 58.3 Å². The van der Waals surface area contributed by atoms with Crippen LogP contribution in [0.15, 0.2) is 29.4 Å². The molecule has 0 aliphatic carbocycles. The van der Waals surface area contributed by atoms with Gasteiger partial charge in [0.05, 0.1) is 30.0 Å². The first-order chi connectivity index (χ1) is 11.8. The van der Waals surface area contributed by atoms with E-state index in [-0.39, 0.29) is 17.5 Å². The third kappa shape index (κ3) is 3.83. The summed E-state index contributed by atoms with van der Waals surface area (Å²) in [6.45, 7) is 4.03. The molecule has 136 valence electrons. The fraction of sp³-hybridized carbons (Fsp3) is 0.500. The summed E-state index contributed by atoms with van der Waals surface area (Å²) in [5.74, 6) is 1.23. The van der Waals surface area contributed by atoms with E-state index in [2.05, 4.69) is 10.2 Å². The molecule has 25 heavy (non-hydrogen) atoms. The standard InChI is InChI=1S/C16H21N3O4S2/c1-10(2)19-15(11-4-6-12(23-3)7-5-11)17-18-16(19)24-14-9-25(21,22)8-13(14)20/h4-7,10,13-14,20H,8-9H2,1-3H3/t13-,14+/m1/s1. The molecule has 2 atom stereocenters. The molecule has 1 aliphatic rings. The number of sulfone groups is 1. The van der Waals surface area contributed by atoms with Crippen molar-refractivity contribution in [3.8, 4) is 17.1 Å². The molecule has 7 nitrogen and oxygen atoms in total. The molecule has 2 aromatic rings. The summed E-state index contributed by atoms with van der Waals surface area (Å²) < 4.78 is 30.6. The summed E-state index contributed by atoms with van der Waals surface area (Å²) in [5, 5.41) is 18.7. The van der Waals surface area contributed by atoms with Crippen LogP contribution in [-0.2, 0) is 9.84 Å². The fourth-order valence-electron chi connectivity index (χ4n) is 2.80. The Hall–Kier alpha value is -1.58. The molecular formula is C16H21N3O4S2. The molecule has 1 aromatic heterocycles. The number of benzene rings is 1. The van der Waals surface area contributed by atoms with Gasteiger partial charge >= 0.3 is 0 Å². The van der Waals surface area contributed by atoms with Gasteiger partial charge in [-0.2, -0.15) is 0 Å². The van der Waals surface area contributed by atoms with Crippen molar-refractivity contribution in [1.29, 1.82) is 0 Å². The Kier molecular flexibility index (Phi) is 5.08. The second kappa shape index (κ2) is 6.97. The normalized spacial score (nSPS) is 22.4. The molecule has 1 fully saturated rings. The molecular weight excluding hydrogens is 362 g/mol. The minimum Gasteiger partial charge on any atom is -0.497 e. The van der Waals surface area contributed by atoms with E-state index in [4.69, 9.17) is 4.74 Å². The van der Waals surface area contributed by atoms with Crippen LogP contribution in [0.25, 0.3) is 11.4 Å². The first kappa shape index (κ1) is 18.2. The number of ether oxygens (including phenoxy) is 1. The van der Waals surface area contributed by atoms with Crippen molar-refractivity contribution < 1.29 is 18.3 Å². The zero-order chi connectivity index (χ0) is 18.2. The third-order valence-corrected chi connectivity index (χ3v) is 7.26. The maximum absolute atomic E-state index is 11.7. The highest BCUT2D eigenvalue weighted by Crippen LogP contribution is 2.34. The average molecular weight is 383 g/mol. The van der Waals surface area contributed by atoms with Gasteiger partial charge in [-0.05, 0) is 38.1 Å². The van der Waals surface area contributed by atoms with Crippen molar-refractivity contribution in [3.63, 3.8) is 0 Å². The van der Waals surface area contributed by atoms with Crippen LogP contribution >= 0.6 is 11.8 Å². The number of methoxy groups -OCH3 is 1. The minimum absolute atomic E-state index is 0.0400. The maximum Gasteiger partial charge on any atom is 0.192 e. The molecule has 1 saturated heterocycles. The van der Waals surface area contributed by atoms with E-state index in [1.807, 2.05) is 42.7 Å². The number of aliphatic hydroxyl groups excluding tert-OH is 1. The first-order valence-electron chi connectivity index (χ1n) is 7.95. The van der Waals surface area contributed by atoms with Crippen molar-refractivity contribution >= 4 is 21.6 Å². The molecule has 0 spiro atoms. The number of aliphatic hydroxyl groups is 1. The second-order valence-corrected chi connectivity index (χ2v) is 9.66. The lowest BCUT2D eigenvalue weighted by molar-refractivity contribution is 0.207. The van der Waals surface area contributed by atoms with E-state index >= 15 is 0 Å². The van der Waals surface area contributed by atoms with Gasteiger partial charge in [-0.3, -0.25) is 4.57 Å². The lowest BCUT2D eigenvalue weighted by Gasteiger charge is -2.16. The van der Waals surface area contributed by atoms with Crippen LogP contribution in [0.1, 0.15) is 19.9 Å². The Morgan fingerprint density at radius 3 is 2.44 bits per heavy atom. The Labute approximate surface area is 151 Å². The van der Waals surface area contributed by atoms with Gasteiger partial charge in [0.2, 0.25) is 0 Å². The molecule has 3 rings (SSSR count). The Bertz CT molecular complexity index is 847. The molecule has 0 radical (unpaired) electrons. The van der Waals surface area contributed by atoms with E-state index < -0.39 is 21.2 Å². The molecule has 0 amide bonds. The quantitative estimate of drug-likeness (QED) is 0.841. The topological polar surface area (TPSA) is 94.3 Å². The van der Waals surface area contributed by atoms with Crippen molar-refractivity contribution in [2.24, 2.45) is 0 Å². The zero-order valence-corrected chi connectivity index (χ0v) is 15.9. The number of rotatable bonds is 5. The van der Waals surface area contributed by atoms with Crippen molar-refractivity contribution in [1.82, 2.24) is 14.8 Å². The lowest BCUT2D eigenvalue weighted by atomic mass is 10.2. The molecule has 0 unspecified atom stereocenters. The Balaban J connectivity index is 1.92.